The van der Waals surface area contributed by atoms with E-state index in [1.54, 1.807) is 0 Å². The fourth-order valence-electron chi connectivity index (χ4n) is 1.98. The van der Waals surface area contributed by atoms with Crippen LogP contribution in [0.5, 0.6) is 5.75 Å². The van der Waals surface area contributed by atoms with Crippen LogP contribution < -0.4 is 10.5 Å². The van der Waals surface area contributed by atoms with Crippen molar-refractivity contribution in [2.24, 2.45) is 5.73 Å². The summed E-state index contributed by atoms with van der Waals surface area (Å²) in [6.07, 6.45) is 0. The molecule has 0 aliphatic heterocycles. The third-order valence-corrected chi connectivity index (χ3v) is 2.78. The highest BCUT2D eigenvalue weighted by Gasteiger charge is 2.05. The van der Waals surface area contributed by atoms with Gasteiger partial charge in [-0.25, -0.2) is 0 Å². The minimum Gasteiger partial charge on any atom is -0.492 e. The summed E-state index contributed by atoms with van der Waals surface area (Å²) < 4.78 is 5.73. The fourth-order valence-corrected chi connectivity index (χ4v) is 1.98. The van der Waals surface area contributed by atoms with Crippen LogP contribution in [-0.4, -0.2) is 38.2 Å². The number of hydrogen-bond acceptors (Lipinski definition) is 3. The van der Waals surface area contributed by atoms with E-state index in [0.717, 1.165) is 12.3 Å². The maximum atomic E-state index is 5.97. The minimum atomic E-state index is 0.0338. The standard InChI is InChI=1S/C15H20N2O/c1-17(2)10-14(16)11-18-15-8-7-12-5-3-4-6-13(12)9-15/h3-9,14H,10-11,16H2,1-2H3. The zero-order chi connectivity index (χ0) is 13.0. The van der Waals surface area contributed by atoms with Gasteiger partial charge >= 0.3 is 0 Å². The summed E-state index contributed by atoms with van der Waals surface area (Å²) >= 11 is 0. The van der Waals surface area contributed by atoms with Crippen LogP contribution in [0.3, 0.4) is 0 Å². The molecule has 2 aromatic rings. The summed E-state index contributed by atoms with van der Waals surface area (Å²) in [5.41, 5.74) is 5.97. The van der Waals surface area contributed by atoms with Gasteiger partial charge in [0.25, 0.3) is 0 Å². The van der Waals surface area contributed by atoms with Crippen molar-refractivity contribution in [2.75, 3.05) is 27.2 Å². The van der Waals surface area contributed by atoms with E-state index in [9.17, 15) is 0 Å². The molecule has 2 aromatic carbocycles. The van der Waals surface area contributed by atoms with Crippen molar-refractivity contribution in [2.45, 2.75) is 6.04 Å². The zero-order valence-corrected chi connectivity index (χ0v) is 11.0. The van der Waals surface area contributed by atoms with Crippen LogP contribution in [0.15, 0.2) is 42.5 Å². The lowest BCUT2D eigenvalue weighted by molar-refractivity contribution is 0.254. The lowest BCUT2D eigenvalue weighted by Gasteiger charge is -2.17. The number of ether oxygens (including phenoxy) is 1. The Bertz CT molecular complexity index is 511. The largest absolute Gasteiger partial charge is 0.492 e. The average Bonchev–Trinajstić information content (AvgIpc) is 2.35. The van der Waals surface area contributed by atoms with Crippen LogP contribution in [0.4, 0.5) is 0 Å². The van der Waals surface area contributed by atoms with Gasteiger partial charge in [0, 0.05) is 6.54 Å². The van der Waals surface area contributed by atoms with Crippen molar-refractivity contribution in [3.63, 3.8) is 0 Å². The van der Waals surface area contributed by atoms with Gasteiger partial charge in [-0.15, -0.1) is 0 Å². The molecule has 0 aliphatic rings. The van der Waals surface area contributed by atoms with Crippen molar-refractivity contribution in [1.82, 2.24) is 4.90 Å². The highest BCUT2D eigenvalue weighted by molar-refractivity contribution is 5.83. The van der Waals surface area contributed by atoms with Crippen LogP contribution in [0.25, 0.3) is 10.8 Å². The van der Waals surface area contributed by atoms with Crippen LogP contribution in [0.1, 0.15) is 0 Å². The first-order valence-corrected chi connectivity index (χ1v) is 6.17. The highest BCUT2D eigenvalue weighted by Crippen LogP contribution is 2.20. The Morgan fingerprint density at radius 2 is 1.83 bits per heavy atom. The lowest BCUT2D eigenvalue weighted by Crippen LogP contribution is -2.37. The molecule has 2 rings (SSSR count). The summed E-state index contributed by atoms with van der Waals surface area (Å²) in [5, 5.41) is 2.42. The minimum absolute atomic E-state index is 0.0338. The average molecular weight is 244 g/mol. The Morgan fingerprint density at radius 1 is 1.11 bits per heavy atom. The van der Waals surface area contributed by atoms with Crippen LogP contribution in [0.2, 0.25) is 0 Å². The molecule has 1 atom stereocenters. The molecule has 0 saturated carbocycles. The molecule has 0 radical (unpaired) electrons. The van der Waals surface area contributed by atoms with Crippen molar-refractivity contribution >= 4 is 10.8 Å². The molecule has 0 bridgehead atoms. The van der Waals surface area contributed by atoms with Crippen LogP contribution in [-0.2, 0) is 0 Å². The van der Waals surface area contributed by atoms with Gasteiger partial charge < -0.3 is 15.4 Å². The molecule has 0 amide bonds. The monoisotopic (exact) mass is 244 g/mol. The van der Waals surface area contributed by atoms with E-state index in [2.05, 4.69) is 29.2 Å². The first-order valence-electron chi connectivity index (χ1n) is 6.17. The number of hydrogen-bond donors (Lipinski definition) is 1. The Balaban J connectivity index is 1.99. The van der Waals surface area contributed by atoms with Gasteiger partial charge in [-0.3, -0.25) is 0 Å². The number of nitrogens with two attached hydrogens (primary N) is 1. The van der Waals surface area contributed by atoms with E-state index < -0.39 is 0 Å². The molecule has 3 heteroatoms. The predicted molar refractivity (Wildman–Crippen MR) is 76.0 cm³/mol. The molecule has 96 valence electrons. The molecular weight excluding hydrogens is 224 g/mol. The summed E-state index contributed by atoms with van der Waals surface area (Å²) in [6, 6.07) is 14.4. The zero-order valence-electron chi connectivity index (χ0n) is 11.0. The topological polar surface area (TPSA) is 38.5 Å². The molecule has 0 saturated heterocycles. The molecule has 18 heavy (non-hydrogen) atoms. The smallest absolute Gasteiger partial charge is 0.120 e. The summed E-state index contributed by atoms with van der Waals surface area (Å²) in [5.74, 6) is 0.878. The van der Waals surface area contributed by atoms with E-state index in [1.807, 2.05) is 32.3 Å². The Hall–Kier alpha value is -1.58. The molecule has 0 heterocycles. The molecule has 0 aliphatic carbocycles. The van der Waals surface area contributed by atoms with Crippen molar-refractivity contribution < 1.29 is 4.74 Å². The number of rotatable bonds is 5. The first-order chi connectivity index (χ1) is 8.65. The van der Waals surface area contributed by atoms with Gasteiger partial charge in [-0.05, 0) is 37.0 Å². The van der Waals surface area contributed by atoms with Gasteiger partial charge in [0.15, 0.2) is 0 Å². The van der Waals surface area contributed by atoms with Gasteiger partial charge in [0.05, 0.1) is 6.04 Å². The number of fused-ring (bicyclic) bond motifs is 1. The predicted octanol–water partition coefficient (Wildman–Crippen LogP) is 2.11. The SMILES string of the molecule is CN(C)CC(N)COc1ccc2ccccc2c1. The van der Waals surface area contributed by atoms with Gasteiger partial charge in [0.1, 0.15) is 12.4 Å². The maximum Gasteiger partial charge on any atom is 0.120 e. The normalized spacial score (nSPS) is 12.9. The Kier molecular flexibility index (Phi) is 4.18. The van der Waals surface area contributed by atoms with E-state index in [4.69, 9.17) is 10.5 Å². The quantitative estimate of drug-likeness (QED) is 0.875. The van der Waals surface area contributed by atoms with E-state index in [1.165, 1.54) is 10.8 Å². The highest BCUT2D eigenvalue weighted by atomic mass is 16.5. The summed E-state index contributed by atoms with van der Waals surface area (Å²) in [7, 11) is 4.02. The maximum absolute atomic E-state index is 5.97. The Morgan fingerprint density at radius 3 is 2.56 bits per heavy atom. The molecule has 2 N–H and O–H groups in total. The van der Waals surface area contributed by atoms with Gasteiger partial charge in [-0.1, -0.05) is 30.3 Å². The number of nitrogens with zero attached hydrogens (tertiary/aromatic N) is 1. The second-order valence-corrected chi connectivity index (χ2v) is 4.84. The van der Waals surface area contributed by atoms with E-state index in [-0.39, 0.29) is 6.04 Å². The van der Waals surface area contributed by atoms with Crippen molar-refractivity contribution in [3.8, 4) is 5.75 Å². The molecule has 0 fully saturated rings. The first kappa shape index (κ1) is 12.9. The van der Waals surface area contributed by atoms with Crippen molar-refractivity contribution in [1.29, 1.82) is 0 Å². The summed E-state index contributed by atoms with van der Waals surface area (Å²) in [6.45, 7) is 1.37. The lowest BCUT2D eigenvalue weighted by atomic mass is 10.1. The molecule has 1 unspecified atom stereocenters. The Labute approximate surface area is 108 Å². The van der Waals surface area contributed by atoms with E-state index >= 15 is 0 Å². The molecule has 0 aromatic heterocycles. The third-order valence-electron chi connectivity index (χ3n) is 2.78. The number of benzene rings is 2. The molecule has 3 nitrogen and oxygen atoms in total. The molecular formula is C15H20N2O. The van der Waals surface area contributed by atoms with Crippen LogP contribution in [0, 0.1) is 0 Å². The van der Waals surface area contributed by atoms with Gasteiger partial charge in [-0.2, -0.15) is 0 Å². The third kappa shape index (κ3) is 3.45. The van der Waals surface area contributed by atoms with Crippen molar-refractivity contribution in [3.05, 3.63) is 42.5 Å². The summed E-state index contributed by atoms with van der Waals surface area (Å²) in [4.78, 5) is 2.06. The fraction of sp³-hybridized carbons (Fsp3) is 0.333. The van der Waals surface area contributed by atoms with E-state index in [0.29, 0.717) is 6.61 Å². The second kappa shape index (κ2) is 5.85. The number of likely N-dealkylation sites (N-methyl/N-ethyl adjacent to an activating group) is 1. The van der Waals surface area contributed by atoms with Crippen LogP contribution >= 0.6 is 0 Å². The molecule has 0 spiro atoms. The second-order valence-electron chi connectivity index (χ2n) is 4.84. The van der Waals surface area contributed by atoms with Gasteiger partial charge in [0.2, 0.25) is 0 Å².